The van der Waals surface area contributed by atoms with Gasteiger partial charge in [0.2, 0.25) is 0 Å². The zero-order chi connectivity index (χ0) is 29.5. The van der Waals surface area contributed by atoms with Crippen LogP contribution in [0.4, 0.5) is 0 Å². The molecule has 4 rings (SSSR count). The number of hydrogen-bond donors (Lipinski definition) is 2. The first-order valence-corrected chi connectivity index (χ1v) is 14.3. The van der Waals surface area contributed by atoms with Crippen LogP contribution in [0.2, 0.25) is 0 Å². The summed E-state index contributed by atoms with van der Waals surface area (Å²) < 4.78 is 4.98. The van der Waals surface area contributed by atoms with Crippen LogP contribution in [0.15, 0.2) is 84.9 Å². The zero-order valence-corrected chi connectivity index (χ0v) is 23.8. The fourth-order valence-corrected chi connectivity index (χ4v) is 5.80. The van der Waals surface area contributed by atoms with Crippen molar-refractivity contribution in [2.24, 2.45) is 5.92 Å². The number of benzene rings is 3. The predicted molar refractivity (Wildman–Crippen MR) is 157 cm³/mol. The highest BCUT2D eigenvalue weighted by Crippen LogP contribution is 2.42. The molecule has 1 saturated heterocycles. The van der Waals surface area contributed by atoms with Crippen LogP contribution in [0.25, 0.3) is 0 Å². The molecule has 3 aromatic rings. The van der Waals surface area contributed by atoms with E-state index in [9.17, 15) is 24.6 Å². The van der Waals surface area contributed by atoms with Crippen LogP contribution in [0.1, 0.15) is 66.6 Å². The van der Waals surface area contributed by atoms with Crippen molar-refractivity contribution in [2.75, 3.05) is 26.2 Å². The van der Waals surface area contributed by atoms with Gasteiger partial charge < -0.3 is 19.8 Å². The van der Waals surface area contributed by atoms with Gasteiger partial charge >= 0.3 is 11.9 Å². The van der Waals surface area contributed by atoms with E-state index in [0.717, 1.165) is 43.6 Å². The van der Waals surface area contributed by atoms with Crippen molar-refractivity contribution >= 4 is 17.7 Å². The molecule has 216 valence electrons. The number of esters is 1. The summed E-state index contributed by atoms with van der Waals surface area (Å²) in [5.74, 6) is -2.08. The molecule has 1 fully saturated rings. The minimum atomic E-state index is -1.84. The Labute approximate surface area is 241 Å². The van der Waals surface area contributed by atoms with E-state index < -0.39 is 23.0 Å². The highest BCUT2D eigenvalue weighted by Gasteiger charge is 2.45. The van der Waals surface area contributed by atoms with E-state index >= 15 is 0 Å². The molecule has 1 heterocycles. The molecule has 7 nitrogen and oxygen atoms in total. The molecule has 0 spiro atoms. The maximum atomic E-state index is 12.9. The lowest BCUT2D eigenvalue weighted by Crippen LogP contribution is -2.44. The second kappa shape index (κ2) is 13.2. The Kier molecular flexibility index (Phi) is 9.73. The van der Waals surface area contributed by atoms with Gasteiger partial charge in [0.05, 0.1) is 6.61 Å². The monoisotopic (exact) mass is 557 g/mol. The highest BCUT2D eigenvalue weighted by molar-refractivity contribution is 6.05. The van der Waals surface area contributed by atoms with E-state index in [1.807, 2.05) is 60.7 Å². The Morgan fingerprint density at radius 1 is 0.854 bits per heavy atom. The third-order valence-corrected chi connectivity index (χ3v) is 8.38. The van der Waals surface area contributed by atoms with Crippen molar-refractivity contribution in [3.8, 4) is 0 Å². The van der Waals surface area contributed by atoms with Crippen molar-refractivity contribution in [2.45, 2.75) is 50.5 Å². The summed E-state index contributed by atoms with van der Waals surface area (Å²) in [6, 6.07) is 26.0. The van der Waals surface area contributed by atoms with Crippen LogP contribution >= 0.6 is 0 Å². The molecule has 1 atom stereocenters. The number of carbonyl (C=O) groups excluding carboxylic acids is 2. The number of nitrogens with zero attached hydrogens (tertiary/aromatic N) is 1. The first-order chi connectivity index (χ1) is 19.7. The van der Waals surface area contributed by atoms with Gasteiger partial charge in [-0.25, -0.2) is 0 Å². The third kappa shape index (κ3) is 6.42. The van der Waals surface area contributed by atoms with E-state index in [1.165, 1.54) is 19.1 Å². The summed E-state index contributed by atoms with van der Waals surface area (Å²) in [5.41, 5.74) is -0.314. The van der Waals surface area contributed by atoms with Gasteiger partial charge in [-0.1, -0.05) is 84.9 Å². The number of rotatable bonds is 12. The van der Waals surface area contributed by atoms with Gasteiger partial charge in [0, 0.05) is 12.0 Å². The van der Waals surface area contributed by atoms with Crippen molar-refractivity contribution in [1.82, 2.24) is 4.90 Å². The third-order valence-electron chi connectivity index (χ3n) is 8.38. The van der Waals surface area contributed by atoms with Crippen LogP contribution in [-0.4, -0.2) is 59.1 Å². The number of carbonyl (C=O) groups is 3. The van der Waals surface area contributed by atoms with Gasteiger partial charge in [-0.15, -0.1) is 0 Å². The number of aliphatic hydroxyl groups is 1. The molecular formula is C34H39NO6. The minimum Gasteiger partial charge on any atom is -0.480 e. The Hall–Kier alpha value is -3.81. The quantitative estimate of drug-likeness (QED) is 0.179. The first-order valence-electron chi connectivity index (χ1n) is 14.3. The maximum absolute atomic E-state index is 12.9. The second-order valence-electron chi connectivity index (χ2n) is 10.9. The van der Waals surface area contributed by atoms with Gasteiger partial charge in [0.1, 0.15) is 5.60 Å². The highest BCUT2D eigenvalue weighted by atomic mass is 16.5. The molecule has 0 bridgehead atoms. The molecule has 0 aromatic heterocycles. The summed E-state index contributed by atoms with van der Waals surface area (Å²) in [4.78, 5) is 39.4. The molecular weight excluding hydrogens is 518 g/mol. The Morgan fingerprint density at radius 2 is 1.39 bits per heavy atom. The fraction of sp³-hybridized carbons (Fsp3) is 0.382. The number of ketones is 1. The van der Waals surface area contributed by atoms with E-state index in [0.29, 0.717) is 18.4 Å². The van der Waals surface area contributed by atoms with Gasteiger partial charge in [0.15, 0.2) is 11.2 Å². The Balaban J connectivity index is 1.32. The lowest BCUT2D eigenvalue weighted by atomic mass is 9.72. The van der Waals surface area contributed by atoms with Crippen molar-refractivity contribution in [1.29, 1.82) is 0 Å². The molecule has 0 saturated carbocycles. The maximum Gasteiger partial charge on any atom is 0.327 e. The van der Waals surface area contributed by atoms with Gasteiger partial charge in [-0.2, -0.15) is 0 Å². The van der Waals surface area contributed by atoms with Crippen LogP contribution in [-0.2, 0) is 25.3 Å². The predicted octanol–water partition coefficient (Wildman–Crippen LogP) is 5.20. The van der Waals surface area contributed by atoms with Crippen molar-refractivity contribution < 1.29 is 29.3 Å². The number of likely N-dealkylation sites (tertiary alicyclic amines) is 1. The molecule has 1 aliphatic heterocycles. The standard InChI is InChI=1S/C34H39NO6/c1-3-41-32(39)33(2,31(37)38)26-18-16-25(17-19-26)30(36)15-10-22-35-23-20-29(21-24-35)34(40,27-11-6-4-7-12-27)28-13-8-5-9-14-28/h4-9,11-14,16-19,29,40H,3,10,15,20-24H2,1-2H3,(H,37,38). The molecule has 41 heavy (non-hydrogen) atoms. The summed E-state index contributed by atoms with van der Waals surface area (Å²) in [5, 5.41) is 21.8. The molecule has 3 aromatic carbocycles. The number of hydrogen-bond acceptors (Lipinski definition) is 6. The topological polar surface area (TPSA) is 104 Å². The van der Waals surface area contributed by atoms with Crippen LogP contribution in [0.3, 0.4) is 0 Å². The number of ether oxygens (including phenoxy) is 1. The summed E-state index contributed by atoms with van der Waals surface area (Å²) in [6.45, 7) is 5.49. The lowest BCUT2D eigenvalue weighted by molar-refractivity contribution is -0.160. The zero-order valence-electron chi connectivity index (χ0n) is 23.8. The van der Waals surface area contributed by atoms with Gasteiger partial charge in [-0.3, -0.25) is 14.4 Å². The Bertz CT molecular complexity index is 1280. The second-order valence-corrected chi connectivity index (χ2v) is 10.9. The van der Waals surface area contributed by atoms with Crippen LogP contribution < -0.4 is 0 Å². The van der Waals surface area contributed by atoms with E-state index in [4.69, 9.17) is 4.74 Å². The SMILES string of the molecule is CCOC(=O)C(C)(C(=O)O)c1ccc(C(=O)CCCN2CCC(C(O)(c3ccccc3)c3ccccc3)CC2)cc1. The number of Topliss-reactive ketones (excluding diaryl/α,β-unsaturated/α-hetero) is 1. The smallest absolute Gasteiger partial charge is 0.327 e. The first kappa shape index (κ1) is 30.2. The van der Waals surface area contributed by atoms with Gasteiger partial charge in [-0.05, 0) is 75.4 Å². The van der Waals surface area contributed by atoms with Crippen LogP contribution in [0.5, 0.6) is 0 Å². The average molecular weight is 558 g/mol. The molecule has 2 N–H and O–H groups in total. The molecule has 1 unspecified atom stereocenters. The van der Waals surface area contributed by atoms with E-state index in [2.05, 4.69) is 4.90 Å². The normalized spacial score (nSPS) is 16.1. The fourth-order valence-electron chi connectivity index (χ4n) is 5.80. The van der Waals surface area contributed by atoms with Gasteiger partial charge in [0.25, 0.3) is 0 Å². The number of aliphatic carboxylic acids is 1. The molecule has 0 amide bonds. The number of carboxylic acids is 1. The van der Waals surface area contributed by atoms with Crippen molar-refractivity contribution in [3.63, 3.8) is 0 Å². The average Bonchev–Trinajstić information content (AvgIpc) is 3.01. The molecule has 7 heteroatoms. The van der Waals surface area contributed by atoms with Crippen molar-refractivity contribution in [3.05, 3.63) is 107 Å². The summed E-state index contributed by atoms with van der Waals surface area (Å²) in [7, 11) is 0. The number of carboxylic acid groups (broad SMARTS) is 1. The minimum absolute atomic E-state index is 0.0258. The Morgan fingerprint density at radius 3 is 1.88 bits per heavy atom. The van der Waals surface area contributed by atoms with Crippen LogP contribution in [0, 0.1) is 5.92 Å². The lowest BCUT2D eigenvalue weighted by Gasteiger charge is -2.42. The van der Waals surface area contributed by atoms with E-state index in [1.54, 1.807) is 19.1 Å². The summed E-state index contributed by atoms with van der Waals surface area (Å²) in [6.07, 6.45) is 2.75. The molecule has 0 radical (unpaired) electrons. The summed E-state index contributed by atoms with van der Waals surface area (Å²) >= 11 is 0. The molecule has 0 aliphatic carbocycles. The number of piperidine rings is 1. The largest absolute Gasteiger partial charge is 0.480 e. The van der Waals surface area contributed by atoms with E-state index in [-0.39, 0.29) is 23.9 Å². The molecule has 1 aliphatic rings.